The number of anilines is 1. The molecule has 0 unspecified atom stereocenters. The Labute approximate surface area is 152 Å². The van der Waals surface area contributed by atoms with Gasteiger partial charge in [0.1, 0.15) is 11.8 Å². The highest BCUT2D eigenvalue weighted by atomic mass is 79.9. The third kappa shape index (κ3) is 6.55. The molecule has 0 aliphatic rings. The lowest BCUT2D eigenvalue weighted by Gasteiger charge is -2.08. The van der Waals surface area contributed by atoms with Gasteiger partial charge in [-0.05, 0) is 30.3 Å². The molecule has 2 N–H and O–H groups in total. The fourth-order valence-corrected chi connectivity index (χ4v) is 2.09. The predicted octanol–water partition coefficient (Wildman–Crippen LogP) is 3.75. The number of ether oxygens (including phenoxy) is 1. The number of amides is 2. The lowest BCUT2D eigenvalue weighted by atomic mass is 10.3. The summed E-state index contributed by atoms with van der Waals surface area (Å²) in [4.78, 5) is 27.2. The third-order valence-electron chi connectivity index (χ3n) is 2.91. The Kier molecular flexibility index (Phi) is 7.02. The van der Waals surface area contributed by atoms with Crippen LogP contribution < -0.4 is 10.6 Å². The molecule has 1 aromatic carbocycles. The Bertz CT molecular complexity index is 693. The molecule has 0 spiro atoms. The number of nitrogens with one attached hydrogen (secondary N) is 2. The minimum absolute atomic E-state index is 0.0782. The number of halogens is 2. The van der Waals surface area contributed by atoms with Crippen LogP contribution in [0.15, 0.2) is 47.1 Å². The van der Waals surface area contributed by atoms with E-state index in [2.05, 4.69) is 31.5 Å². The molecule has 2 amide bonds. The second kappa shape index (κ2) is 9.24. The van der Waals surface area contributed by atoms with Crippen molar-refractivity contribution < 1.29 is 14.3 Å². The van der Waals surface area contributed by atoms with Gasteiger partial charge < -0.3 is 15.4 Å². The van der Waals surface area contributed by atoms with Crippen LogP contribution in [-0.2, 0) is 16.1 Å². The zero-order valence-electron chi connectivity index (χ0n) is 12.6. The zero-order valence-corrected chi connectivity index (χ0v) is 14.9. The van der Waals surface area contributed by atoms with Gasteiger partial charge in [0.15, 0.2) is 0 Å². The van der Waals surface area contributed by atoms with E-state index >= 15 is 0 Å². The predicted molar refractivity (Wildman–Crippen MR) is 94.8 cm³/mol. The van der Waals surface area contributed by atoms with Gasteiger partial charge in [-0.15, -0.1) is 0 Å². The van der Waals surface area contributed by atoms with Gasteiger partial charge in [0.2, 0.25) is 0 Å². The molecule has 0 fully saturated rings. The normalized spacial score (nSPS) is 10.1. The summed E-state index contributed by atoms with van der Waals surface area (Å²) in [7, 11) is 0. The first-order chi connectivity index (χ1) is 11.5. The highest BCUT2D eigenvalue weighted by Crippen LogP contribution is 2.13. The van der Waals surface area contributed by atoms with E-state index in [0.29, 0.717) is 10.8 Å². The van der Waals surface area contributed by atoms with Crippen molar-refractivity contribution >= 4 is 45.2 Å². The van der Waals surface area contributed by atoms with E-state index in [1.807, 2.05) is 12.1 Å². The molecule has 6 nitrogen and oxygen atoms in total. The molecule has 2 rings (SSSR count). The topological polar surface area (TPSA) is 80.3 Å². The summed E-state index contributed by atoms with van der Waals surface area (Å²) in [5.74, 6) is -0.408. The Morgan fingerprint density at radius 3 is 2.58 bits per heavy atom. The molecule has 0 atom stereocenters. The van der Waals surface area contributed by atoms with Crippen LogP contribution in [0.2, 0.25) is 5.15 Å². The quantitative estimate of drug-likeness (QED) is 0.559. The van der Waals surface area contributed by atoms with Gasteiger partial charge in [-0.3, -0.25) is 4.79 Å². The smallest absolute Gasteiger partial charge is 0.319 e. The van der Waals surface area contributed by atoms with Gasteiger partial charge in [0.25, 0.3) is 0 Å². The van der Waals surface area contributed by atoms with Crippen molar-refractivity contribution in [2.75, 3.05) is 11.9 Å². The number of carbonyl (C=O) groups excluding carboxylic acids is 2. The molecule has 1 aromatic heterocycles. The summed E-state index contributed by atoms with van der Waals surface area (Å²) in [5.41, 5.74) is 1.40. The Hall–Kier alpha value is -2.12. The largest absolute Gasteiger partial charge is 0.461 e. The van der Waals surface area contributed by atoms with E-state index in [9.17, 15) is 9.59 Å². The van der Waals surface area contributed by atoms with Crippen molar-refractivity contribution in [3.8, 4) is 0 Å². The van der Waals surface area contributed by atoms with Gasteiger partial charge in [0, 0.05) is 28.5 Å². The van der Waals surface area contributed by atoms with Crippen LogP contribution in [0.4, 0.5) is 10.5 Å². The number of aromatic nitrogens is 1. The number of carbonyl (C=O) groups is 2. The zero-order chi connectivity index (χ0) is 17.4. The molecule has 0 saturated carbocycles. The minimum Gasteiger partial charge on any atom is -0.461 e. The van der Waals surface area contributed by atoms with E-state index in [4.69, 9.17) is 16.3 Å². The van der Waals surface area contributed by atoms with Crippen LogP contribution >= 0.6 is 27.5 Å². The van der Waals surface area contributed by atoms with Gasteiger partial charge in [0.05, 0.1) is 6.42 Å². The van der Waals surface area contributed by atoms with E-state index < -0.39 is 5.97 Å². The summed E-state index contributed by atoms with van der Waals surface area (Å²) in [6.07, 6.45) is 1.62. The van der Waals surface area contributed by atoms with Crippen LogP contribution in [-0.4, -0.2) is 23.5 Å². The van der Waals surface area contributed by atoms with Crippen LogP contribution in [0.1, 0.15) is 12.0 Å². The summed E-state index contributed by atoms with van der Waals surface area (Å²) in [6, 6.07) is 10.1. The molecule has 126 valence electrons. The number of nitrogens with zero attached hydrogens (tertiary/aromatic N) is 1. The highest BCUT2D eigenvalue weighted by molar-refractivity contribution is 9.10. The monoisotopic (exact) mass is 411 g/mol. The van der Waals surface area contributed by atoms with Gasteiger partial charge in [-0.1, -0.05) is 33.6 Å². The molecular weight excluding hydrogens is 398 g/mol. The lowest BCUT2D eigenvalue weighted by Crippen LogP contribution is -2.30. The summed E-state index contributed by atoms with van der Waals surface area (Å²) < 4.78 is 6.01. The number of hydrogen-bond acceptors (Lipinski definition) is 4. The number of pyridine rings is 1. The summed E-state index contributed by atoms with van der Waals surface area (Å²) >= 11 is 8.99. The second-order valence-electron chi connectivity index (χ2n) is 4.79. The average Bonchev–Trinajstić information content (AvgIpc) is 2.56. The van der Waals surface area contributed by atoms with E-state index in [1.54, 1.807) is 30.5 Å². The van der Waals surface area contributed by atoms with Crippen LogP contribution in [0, 0.1) is 0 Å². The molecule has 0 aliphatic heterocycles. The van der Waals surface area contributed by atoms with Crippen molar-refractivity contribution in [2.45, 2.75) is 13.0 Å². The molecule has 24 heavy (non-hydrogen) atoms. The maximum Gasteiger partial charge on any atom is 0.319 e. The number of benzene rings is 1. The van der Waals surface area contributed by atoms with Gasteiger partial charge >= 0.3 is 12.0 Å². The molecule has 2 aromatic rings. The Balaban J connectivity index is 1.63. The molecule has 0 radical (unpaired) electrons. The molecule has 1 heterocycles. The van der Waals surface area contributed by atoms with E-state index in [1.165, 1.54) is 0 Å². The average molecular weight is 413 g/mol. The SMILES string of the molecule is O=C(NCCC(=O)OCc1ccc(Cl)nc1)Nc1ccc(Br)cc1. The maximum atomic E-state index is 11.7. The molecule has 0 aliphatic carbocycles. The first kappa shape index (κ1) is 18.2. The van der Waals surface area contributed by atoms with Crippen molar-refractivity contribution in [3.63, 3.8) is 0 Å². The van der Waals surface area contributed by atoms with Crippen molar-refractivity contribution in [3.05, 3.63) is 57.8 Å². The van der Waals surface area contributed by atoms with E-state index in [0.717, 1.165) is 10.0 Å². The molecular formula is C16H15BrClN3O3. The fraction of sp³-hybridized carbons (Fsp3) is 0.188. The summed E-state index contributed by atoms with van der Waals surface area (Å²) in [6.45, 7) is 0.300. The van der Waals surface area contributed by atoms with Crippen LogP contribution in [0.5, 0.6) is 0 Å². The van der Waals surface area contributed by atoms with Crippen molar-refractivity contribution in [1.82, 2.24) is 10.3 Å². The molecule has 0 saturated heterocycles. The maximum absolute atomic E-state index is 11.7. The number of hydrogen-bond donors (Lipinski definition) is 2. The Morgan fingerprint density at radius 1 is 1.17 bits per heavy atom. The van der Waals surface area contributed by atoms with Gasteiger partial charge in [-0.25, -0.2) is 9.78 Å². The van der Waals surface area contributed by atoms with Gasteiger partial charge in [-0.2, -0.15) is 0 Å². The minimum atomic E-state index is -0.408. The first-order valence-electron chi connectivity index (χ1n) is 7.09. The van der Waals surface area contributed by atoms with Crippen LogP contribution in [0.25, 0.3) is 0 Å². The van der Waals surface area contributed by atoms with Crippen LogP contribution in [0.3, 0.4) is 0 Å². The molecule has 0 bridgehead atoms. The lowest BCUT2D eigenvalue weighted by molar-refractivity contribution is -0.144. The standard InChI is InChI=1S/C16H15BrClN3O3/c17-12-2-4-13(5-3-12)21-16(23)19-8-7-15(22)24-10-11-1-6-14(18)20-9-11/h1-6,9H,7-8,10H2,(H2,19,21,23). The number of esters is 1. The third-order valence-corrected chi connectivity index (χ3v) is 3.66. The van der Waals surface area contributed by atoms with E-state index in [-0.39, 0.29) is 25.6 Å². The van der Waals surface area contributed by atoms with Crippen molar-refractivity contribution in [1.29, 1.82) is 0 Å². The Morgan fingerprint density at radius 2 is 1.92 bits per heavy atom. The highest BCUT2D eigenvalue weighted by Gasteiger charge is 2.06. The van der Waals surface area contributed by atoms with Crippen molar-refractivity contribution in [2.24, 2.45) is 0 Å². The number of urea groups is 1. The second-order valence-corrected chi connectivity index (χ2v) is 6.09. The summed E-state index contributed by atoms with van der Waals surface area (Å²) in [5, 5.41) is 5.63. The molecule has 8 heteroatoms. The first-order valence-corrected chi connectivity index (χ1v) is 8.26. The number of rotatable bonds is 6. The fourth-order valence-electron chi connectivity index (χ4n) is 1.71.